The fraction of sp³-hybridized carbons (Fsp3) is 0.182. The molecule has 0 spiro atoms. The van der Waals surface area contributed by atoms with Crippen LogP contribution in [0.3, 0.4) is 0 Å². The number of anilines is 1. The number of H-pyrrole nitrogens is 1. The molecule has 5 nitrogen and oxygen atoms in total. The lowest BCUT2D eigenvalue weighted by atomic mass is 10.2. The van der Waals surface area contributed by atoms with Gasteiger partial charge in [0.15, 0.2) is 0 Å². The van der Waals surface area contributed by atoms with Gasteiger partial charge in [-0.3, -0.25) is 9.82 Å². The molecule has 0 saturated carbocycles. The normalized spacial score (nSPS) is 11.4. The van der Waals surface area contributed by atoms with Gasteiger partial charge in [0.05, 0.1) is 11.1 Å². The minimum atomic E-state index is -3.55. The zero-order chi connectivity index (χ0) is 12.5. The first-order valence-electron chi connectivity index (χ1n) is 5.08. The summed E-state index contributed by atoms with van der Waals surface area (Å²) in [5.74, 6) is 0.351. The van der Waals surface area contributed by atoms with Crippen molar-refractivity contribution in [3.8, 4) is 0 Å². The van der Waals surface area contributed by atoms with E-state index in [1.165, 1.54) is 6.20 Å². The van der Waals surface area contributed by atoms with E-state index < -0.39 is 10.0 Å². The molecule has 2 aromatic rings. The molecule has 1 aromatic heterocycles. The van der Waals surface area contributed by atoms with Gasteiger partial charge in [0.25, 0.3) is 10.0 Å². The summed E-state index contributed by atoms with van der Waals surface area (Å²) >= 11 is 0. The molecule has 0 atom stereocenters. The SMILES string of the molecule is Cc1cc(C)cc(S(=O)(=O)Nc2ccn[nH]2)c1. The quantitative estimate of drug-likeness (QED) is 0.873. The maximum Gasteiger partial charge on any atom is 0.263 e. The van der Waals surface area contributed by atoms with Crippen LogP contribution in [0.25, 0.3) is 0 Å². The molecule has 2 N–H and O–H groups in total. The summed E-state index contributed by atoms with van der Waals surface area (Å²) in [7, 11) is -3.55. The van der Waals surface area contributed by atoms with Crippen molar-refractivity contribution in [2.45, 2.75) is 18.7 Å². The van der Waals surface area contributed by atoms with Gasteiger partial charge in [0, 0.05) is 6.07 Å². The van der Waals surface area contributed by atoms with Gasteiger partial charge in [-0.05, 0) is 37.1 Å². The second-order valence-electron chi connectivity index (χ2n) is 3.90. The first-order chi connectivity index (χ1) is 7.97. The van der Waals surface area contributed by atoms with Crippen LogP contribution in [0.2, 0.25) is 0 Å². The summed E-state index contributed by atoms with van der Waals surface area (Å²) in [6, 6.07) is 6.74. The Morgan fingerprint density at radius 3 is 2.35 bits per heavy atom. The van der Waals surface area contributed by atoms with E-state index in [1.807, 2.05) is 19.9 Å². The Morgan fingerprint density at radius 2 is 1.82 bits per heavy atom. The molecule has 1 heterocycles. The van der Waals surface area contributed by atoms with E-state index in [-0.39, 0.29) is 4.90 Å². The van der Waals surface area contributed by atoms with Crippen molar-refractivity contribution in [3.63, 3.8) is 0 Å². The minimum Gasteiger partial charge on any atom is -0.264 e. The maximum absolute atomic E-state index is 12.0. The number of nitrogens with zero attached hydrogens (tertiary/aromatic N) is 1. The van der Waals surface area contributed by atoms with Crippen LogP contribution in [-0.4, -0.2) is 18.6 Å². The molecule has 0 fully saturated rings. The molecule has 6 heteroatoms. The first kappa shape index (κ1) is 11.7. The fourth-order valence-corrected chi connectivity index (χ4v) is 2.81. The lowest BCUT2D eigenvalue weighted by Gasteiger charge is -2.07. The van der Waals surface area contributed by atoms with Crippen molar-refractivity contribution in [2.24, 2.45) is 0 Å². The van der Waals surface area contributed by atoms with Crippen molar-refractivity contribution in [1.29, 1.82) is 0 Å². The molecule has 0 radical (unpaired) electrons. The summed E-state index contributed by atoms with van der Waals surface area (Å²) in [6.45, 7) is 3.73. The summed E-state index contributed by atoms with van der Waals surface area (Å²) < 4.78 is 26.5. The van der Waals surface area contributed by atoms with Crippen molar-refractivity contribution in [2.75, 3.05) is 4.72 Å². The van der Waals surface area contributed by atoms with Crippen molar-refractivity contribution >= 4 is 15.8 Å². The summed E-state index contributed by atoms with van der Waals surface area (Å²) in [4.78, 5) is 0.254. The van der Waals surface area contributed by atoms with Crippen molar-refractivity contribution in [1.82, 2.24) is 10.2 Å². The number of hydrogen-bond donors (Lipinski definition) is 2. The van der Waals surface area contributed by atoms with E-state index in [0.29, 0.717) is 5.82 Å². The van der Waals surface area contributed by atoms with Crippen molar-refractivity contribution in [3.05, 3.63) is 41.6 Å². The number of aromatic amines is 1. The maximum atomic E-state index is 12.0. The first-order valence-corrected chi connectivity index (χ1v) is 6.56. The summed E-state index contributed by atoms with van der Waals surface area (Å²) in [6.07, 6.45) is 1.49. The third-order valence-corrected chi connectivity index (χ3v) is 3.60. The largest absolute Gasteiger partial charge is 0.264 e. The van der Waals surface area contributed by atoms with Gasteiger partial charge in [0.2, 0.25) is 0 Å². The molecule has 0 amide bonds. The lowest BCUT2D eigenvalue weighted by molar-refractivity contribution is 0.601. The number of sulfonamides is 1. The molecule has 90 valence electrons. The topological polar surface area (TPSA) is 74.8 Å². The van der Waals surface area contributed by atoms with E-state index in [0.717, 1.165) is 11.1 Å². The molecule has 0 saturated heterocycles. The van der Waals surface area contributed by atoms with Gasteiger partial charge < -0.3 is 0 Å². The zero-order valence-corrected chi connectivity index (χ0v) is 10.4. The van der Waals surface area contributed by atoms with Gasteiger partial charge in [-0.2, -0.15) is 5.10 Å². The number of benzene rings is 1. The van der Waals surface area contributed by atoms with E-state index in [9.17, 15) is 8.42 Å². The number of hydrogen-bond acceptors (Lipinski definition) is 3. The predicted octanol–water partition coefficient (Wildman–Crippen LogP) is 1.83. The Bertz CT molecular complexity index is 598. The van der Waals surface area contributed by atoms with Gasteiger partial charge in [-0.1, -0.05) is 6.07 Å². The third-order valence-electron chi connectivity index (χ3n) is 2.25. The smallest absolute Gasteiger partial charge is 0.263 e. The Labute approximate surface area is 99.9 Å². The van der Waals surface area contributed by atoms with Gasteiger partial charge in [-0.25, -0.2) is 8.42 Å². The molecule has 0 bridgehead atoms. The number of aromatic nitrogens is 2. The van der Waals surface area contributed by atoms with E-state index in [4.69, 9.17) is 0 Å². The second-order valence-corrected chi connectivity index (χ2v) is 5.58. The third kappa shape index (κ3) is 2.65. The van der Waals surface area contributed by atoms with Crippen LogP contribution in [0, 0.1) is 13.8 Å². The lowest BCUT2D eigenvalue weighted by Crippen LogP contribution is -2.13. The fourth-order valence-electron chi connectivity index (χ4n) is 1.60. The molecular formula is C11H13N3O2S. The average Bonchev–Trinajstić information content (AvgIpc) is 2.68. The molecule has 17 heavy (non-hydrogen) atoms. The average molecular weight is 251 g/mol. The van der Waals surface area contributed by atoms with E-state index in [1.54, 1.807) is 18.2 Å². The van der Waals surface area contributed by atoms with Crippen LogP contribution >= 0.6 is 0 Å². The van der Waals surface area contributed by atoms with Crippen LogP contribution in [-0.2, 0) is 10.0 Å². The highest BCUT2D eigenvalue weighted by molar-refractivity contribution is 7.92. The Morgan fingerprint density at radius 1 is 1.18 bits per heavy atom. The van der Waals surface area contributed by atoms with Crippen LogP contribution in [0.4, 0.5) is 5.82 Å². The predicted molar refractivity (Wildman–Crippen MR) is 65.3 cm³/mol. The van der Waals surface area contributed by atoms with Gasteiger partial charge in [0.1, 0.15) is 5.82 Å². The minimum absolute atomic E-state index is 0.254. The zero-order valence-electron chi connectivity index (χ0n) is 9.56. The Kier molecular flexibility index (Phi) is 2.89. The molecular weight excluding hydrogens is 238 g/mol. The highest BCUT2D eigenvalue weighted by Gasteiger charge is 2.15. The molecule has 0 aliphatic carbocycles. The Balaban J connectivity index is 2.38. The monoisotopic (exact) mass is 251 g/mol. The van der Waals surface area contributed by atoms with Crippen molar-refractivity contribution < 1.29 is 8.42 Å². The molecule has 2 rings (SSSR count). The highest BCUT2D eigenvalue weighted by Crippen LogP contribution is 2.17. The highest BCUT2D eigenvalue weighted by atomic mass is 32.2. The number of aryl methyl sites for hydroxylation is 2. The summed E-state index contributed by atoms with van der Waals surface area (Å²) in [5.41, 5.74) is 1.82. The van der Waals surface area contributed by atoms with Crippen LogP contribution in [0.15, 0.2) is 35.4 Å². The van der Waals surface area contributed by atoms with E-state index in [2.05, 4.69) is 14.9 Å². The Hall–Kier alpha value is -1.82. The van der Waals surface area contributed by atoms with Crippen LogP contribution < -0.4 is 4.72 Å². The molecule has 0 aliphatic rings. The molecule has 0 aliphatic heterocycles. The van der Waals surface area contributed by atoms with Crippen LogP contribution in [0.5, 0.6) is 0 Å². The van der Waals surface area contributed by atoms with Gasteiger partial charge in [-0.15, -0.1) is 0 Å². The van der Waals surface area contributed by atoms with Gasteiger partial charge >= 0.3 is 0 Å². The summed E-state index contributed by atoms with van der Waals surface area (Å²) in [5, 5.41) is 6.24. The second kappa shape index (κ2) is 4.21. The number of rotatable bonds is 3. The van der Waals surface area contributed by atoms with Crippen LogP contribution in [0.1, 0.15) is 11.1 Å². The number of nitrogens with one attached hydrogen (secondary N) is 2. The molecule has 1 aromatic carbocycles. The van der Waals surface area contributed by atoms with E-state index >= 15 is 0 Å². The standard InChI is InChI=1S/C11H13N3O2S/c1-8-5-9(2)7-10(6-8)17(15,16)14-11-3-4-12-13-11/h3-7H,1-2H3,(H2,12,13,14). The molecule has 0 unspecified atom stereocenters.